The quantitative estimate of drug-likeness (QED) is 0.737. The monoisotopic (exact) mass is 382 g/mol. The Hall–Kier alpha value is -2.32. The average molecular weight is 382 g/mol. The molecule has 1 aliphatic carbocycles. The lowest BCUT2D eigenvalue weighted by molar-refractivity contribution is 0.122. The van der Waals surface area contributed by atoms with E-state index in [0.717, 1.165) is 59.0 Å². The van der Waals surface area contributed by atoms with E-state index in [0.29, 0.717) is 5.92 Å². The van der Waals surface area contributed by atoms with Crippen LogP contribution in [0.2, 0.25) is 0 Å². The number of rotatable bonds is 4. The summed E-state index contributed by atoms with van der Waals surface area (Å²) in [7, 11) is 0. The summed E-state index contributed by atoms with van der Waals surface area (Å²) in [5, 5.41) is 13.9. The van der Waals surface area contributed by atoms with Crippen LogP contribution in [0.3, 0.4) is 0 Å². The SMILES string of the molecule is c1nc2ccc(Nc3nnc(C4CCCC4)s3)nc2cc1N1CCOCC1. The molecule has 140 valence electrons. The van der Waals surface area contributed by atoms with E-state index < -0.39 is 0 Å². The molecule has 1 saturated carbocycles. The summed E-state index contributed by atoms with van der Waals surface area (Å²) in [4.78, 5) is 11.6. The lowest BCUT2D eigenvalue weighted by Gasteiger charge is -2.28. The summed E-state index contributed by atoms with van der Waals surface area (Å²) in [6, 6.07) is 6.04. The highest BCUT2D eigenvalue weighted by Gasteiger charge is 2.21. The minimum Gasteiger partial charge on any atom is -0.378 e. The third-order valence-electron chi connectivity index (χ3n) is 5.28. The predicted octanol–water partition coefficient (Wildman–Crippen LogP) is 3.72. The first-order valence-corrected chi connectivity index (χ1v) is 10.4. The van der Waals surface area contributed by atoms with E-state index in [4.69, 9.17) is 9.72 Å². The Morgan fingerprint density at radius 3 is 2.78 bits per heavy atom. The van der Waals surface area contributed by atoms with Crippen molar-refractivity contribution in [2.75, 3.05) is 36.5 Å². The fourth-order valence-electron chi connectivity index (χ4n) is 3.79. The Labute approximate surface area is 161 Å². The molecule has 1 aliphatic heterocycles. The van der Waals surface area contributed by atoms with Crippen LogP contribution < -0.4 is 10.2 Å². The molecule has 3 aromatic rings. The van der Waals surface area contributed by atoms with Crippen molar-refractivity contribution in [2.24, 2.45) is 0 Å². The molecule has 4 heterocycles. The number of nitrogens with zero attached hydrogens (tertiary/aromatic N) is 5. The Balaban J connectivity index is 1.36. The van der Waals surface area contributed by atoms with E-state index in [1.54, 1.807) is 11.3 Å². The van der Waals surface area contributed by atoms with Gasteiger partial charge in [0.25, 0.3) is 0 Å². The molecule has 2 fully saturated rings. The number of nitrogens with one attached hydrogen (secondary N) is 1. The van der Waals surface area contributed by atoms with Crippen molar-refractivity contribution in [1.82, 2.24) is 20.2 Å². The first kappa shape index (κ1) is 16.8. The zero-order valence-corrected chi connectivity index (χ0v) is 15.9. The Morgan fingerprint density at radius 2 is 1.93 bits per heavy atom. The summed E-state index contributed by atoms with van der Waals surface area (Å²) in [6.07, 6.45) is 6.99. The van der Waals surface area contributed by atoms with Gasteiger partial charge >= 0.3 is 0 Å². The molecule has 0 bridgehead atoms. The third-order valence-corrected chi connectivity index (χ3v) is 6.28. The van der Waals surface area contributed by atoms with Gasteiger partial charge in [0.15, 0.2) is 0 Å². The number of pyridine rings is 2. The molecule has 5 rings (SSSR count). The third kappa shape index (κ3) is 3.59. The van der Waals surface area contributed by atoms with Gasteiger partial charge in [-0.2, -0.15) is 0 Å². The second-order valence-electron chi connectivity index (χ2n) is 7.08. The van der Waals surface area contributed by atoms with Crippen LogP contribution in [-0.2, 0) is 4.74 Å². The summed E-state index contributed by atoms with van der Waals surface area (Å²) in [6.45, 7) is 3.29. The summed E-state index contributed by atoms with van der Waals surface area (Å²) >= 11 is 1.65. The van der Waals surface area contributed by atoms with Crippen LogP contribution >= 0.6 is 11.3 Å². The van der Waals surface area contributed by atoms with Crippen LogP contribution in [0.5, 0.6) is 0 Å². The highest BCUT2D eigenvalue weighted by molar-refractivity contribution is 7.15. The average Bonchev–Trinajstić information content (AvgIpc) is 3.40. The van der Waals surface area contributed by atoms with Crippen LogP contribution in [0.25, 0.3) is 11.0 Å². The van der Waals surface area contributed by atoms with E-state index >= 15 is 0 Å². The molecule has 2 aliphatic rings. The molecule has 3 aromatic heterocycles. The first-order chi connectivity index (χ1) is 13.3. The van der Waals surface area contributed by atoms with E-state index in [1.807, 2.05) is 18.3 Å². The van der Waals surface area contributed by atoms with Gasteiger partial charge < -0.3 is 15.0 Å². The smallest absolute Gasteiger partial charge is 0.211 e. The zero-order valence-electron chi connectivity index (χ0n) is 15.1. The number of ether oxygens (including phenoxy) is 1. The van der Waals surface area contributed by atoms with Gasteiger partial charge in [0, 0.05) is 19.0 Å². The van der Waals surface area contributed by atoms with Crippen LogP contribution in [0.15, 0.2) is 24.4 Å². The molecule has 0 atom stereocenters. The molecule has 7 nitrogen and oxygen atoms in total. The lowest BCUT2D eigenvalue weighted by atomic mass is 10.1. The molecular weight excluding hydrogens is 360 g/mol. The van der Waals surface area contributed by atoms with Crippen molar-refractivity contribution < 1.29 is 4.74 Å². The number of aromatic nitrogens is 4. The predicted molar refractivity (Wildman–Crippen MR) is 107 cm³/mol. The number of hydrogen-bond donors (Lipinski definition) is 1. The van der Waals surface area contributed by atoms with Crippen molar-refractivity contribution in [3.8, 4) is 0 Å². The van der Waals surface area contributed by atoms with Gasteiger partial charge in [0.2, 0.25) is 5.13 Å². The first-order valence-electron chi connectivity index (χ1n) is 9.55. The molecule has 0 unspecified atom stereocenters. The molecule has 8 heteroatoms. The van der Waals surface area contributed by atoms with Gasteiger partial charge in [-0.3, -0.25) is 4.98 Å². The molecule has 0 radical (unpaired) electrons. The Kier molecular flexibility index (Phi) is 4.59. The molecule has 27 heavy (non-hydrogen) atoms. The lowest BCUT2D eigenvalue weighted by Crippen LogP contribution is -2.36. The number of anilines is 3. The van der Waals surface area contributed by atoms with E-state index in [1.165, 1.54) is 25.7 Å². The van der Waals surface area contributed by atoms with E-state index in [9.17, 15) is 0 Å². The summed E-state index contributed by atoms with van der Waals surface area (Å²) in [5.74, 6) is 1.36. The van der Waals surface area contributed by atoms with Crippen LogP contribution in [-0.4, -0.2) is 46.5 Å². The maximum absolute atomic E-state index is 5.43. The molecule has 1 N–H and O–H groups in total. The van der Waals surface area contributed by atoms with Crippen molar-refractivity contribution in [2.45, 2.75) is 31.6 Å². The summed E-state index contributed by atoms with van der Waals surface area (Å²) in [5.41, 5.74) is 2.86. The minimum atomic E-state index is 0.586. The molecule has 0 spiro atoms. The van der Waals surface area contributed by atoms with Crippen molar-refractivity contribution in [3.05, 3.63) is 29.4 Å². The van der Waals surface area contributed by atoms with Crippen LogP contribution in [0.4, 0.5) is 16.6 Å². The van der Waals surface area contributed by atoms with Crippen LogP contribution in [0, 0.1) is 0 Å². The van der Waals surface area contributed by atoms with E-state index in [2.05, 4.69) is 31.5 Å². The van der Waals surface area contributed by atoms with Crippen molar-refractivity contribution in [3.63, 3.8) is 0 Å². The fourth-order valence-corrected chi connectivity index (χ4v) is 4.71. The van der Waals surface area contributed by atoms with Gasteiger partial charge in [0.05, 0.1) is 36.1 Å². The standard InChI is InChI=1S/C19H22N6OS/c1-2-4-13(3-1)18-23-24-19(27-18)22-17-6-5-15-16(21-17)11-14(12-20-15)25-7-9-26-10-8-25/h5-6,11-13H,1-4,7-10H2,(H,21,22,24). The molecule has 0 amide bonds. The topological polar surface area (TPSA) is 76.1 Å². The second-order valence-corrected chi connectivity index (χ2v) is 8.09. The van der Waals surface area contributed by atoms with Gasteiger partial charge in [0.1, 0.15) is 10.8 Å². The highest BCUT2D eigenvalue weighted by Crippen LogP contribution is 2.37. The highest BCUT2D eigenvalue weighted by atomic mass is 32.1. The summed E-state index contributed by atoms with van der Waals surface area (Å²) < 4.78 is 5.43. The Bertz CT molecular complexity index is 933. The van der Waals surface area contributed by atoms with Gasteiger partial charge in [-0.25, -0.2) is 4.98 Å². The minimum absolute atomic E-state index is 0.586. The number of fused-ring (bicyclic) bond motifs is 1. The normalized spacial score (nSPS) is 18.3. The van der Waals surface area contributed by atoms with Gasteiger partial charge in [-0.05, 0) is 31.0 Å². The molecular formula is C19H22N6OS. The second kappa shape index (κ2) is 7.36. The van der Waals surface area contributed by atoms with Crippen LogP contribution in [0.1, 0.15) is 36.6 Å². The Morgan fingerprint density at radius 1 is 1.07 bits per heavy atom. The number of hydrogen-bond acceptors (Lipinski definition) is 8. The molecule has 1 saturated heterocycles. The number of morpholine rings is 1. The maximum Gasteiger partial charge on any atom is 0.211 e. The van der Waals surface area contributed by atoms with E-state index in [-0.39, 0.29) is 0 Å². The van der Waals surface area contributed by atoms with Crippen molar-refractivity contribution in [1.29, 1.82) is 0 Å². The van der Waals surface area contributed by atoms with Crippen molar-refractivity contribution >= 4 is 39.0 Å². The zero-order chi connectivity index (χ0) is 18.1. The fraction of sp³-hybridized carbons (Fsp3) is 0.474. The van der Waals surface area contributed by atoms with Gasteiger partial charge in [-0.1, -0.05) is 24.2 Å². The molecule has 0 aromatic carbocycles. The maximum atomic E-state index is 5.43. The van der Waals surface area contributed by atoms with Gasteiger partial charge in [-0.15, -0.1) is 10.2 Å². The largest absolute Gasteiger partial charge is 0.378 e.